The van der Waals surface area contributed by atoms with Crippen molar-refractivity contribution in [1.29, 1.82) is 0 Å². The highest BCUT2D eigenvalue weighted by atomic mass is 19.5. The molecular weight excluding hydrogens is 504 g/mol. The van der Waals surface area contributed by atoms with Crippen molar-refractivity contribution in [2.24, 2.45) is 0 Å². The second-order valence-corrected chi connectivity index (χ2v) is 7.24. The zero-order chi connectivity index (χ0) is 27.7. The van der Waals surface area contributed by atoms with Crippen molar-refractivity contribution < 1.29 is 74.2 Å². The van der Waals surface area contributed by atoms with Crippen LogP contribution >= 0.6 is 0 Å². The van der Waals surface area contributed by atoms with Gasteiger partial charge in [0.1, 0.15) is 0 Å². The van der Waals surface area contributed by atoms with E-state index >= 15 is 0 Å². The van der Waals surface area contributed by atoms with Crippen molar-refractivity contribution in [3.8, 4) is 0 Å². The van der Waals surface area contributed by atoms with Gasteiger partial charge < -0.3 is 56.5 Å². The van der Waals surface area contributed by atoms with Crippen LogP contribution in [0.2, 0.25) is 0 Å². The molecule has 1 rings (SSSR count). The maximum Gasteiger partial charge on any atom is 0.673 e. The monoisotopic (exact) mass is 531 g/mol. The fourth-order valence-electron chi connectivity index (χ4n) is 2.32. The highest BCUT2D eigenvalue weighted by Gasteiger charge is 2.42. The van der Waals surface area contributed by atoms with E-state index in [1.807, 2.05) is 0 Å². The summed E-state index contributed by atoms with van der Waals surface area (Å²) in [7, 11) is -18.0. The maximum atomic E-state index is 9.75. The van der Waals surface area contributed by atoms with E-state index in [0.29, 0.717) is 5.54 Å². The van der Waals surface area contributed by atoms with E-state index in [2.05, 4.69) is 27.7 Å². The second-order valence-electron chi connectivity index (χ2n) is 7.24. The van der Waals surface area contributed by atoms with Crippen LogP contribution in [0.25, 0.3) is 0 Å². The number of halogens is 15. The maximum absolute atomic E-state index is 9.75. The van der Waals surface area contributed by atoms with Crippen LogP contribution in [0, 0.1) is 0 Å². The van der Waals surface area contributed by atoms with E-state index in [4.69, 9.17) is 4.74 Å². The van der Waals surface area contributed by atoms with Crippen LogP contribution in [-0.2, 0) is 4.74 Å². The molecule has 0 aromatic carbocycles. The molecule has 0 spiro atoms. The molecule has 0 bridgehead atoms. The fraction of sp³-hybridized carbons (Fsp3) is 1.00. The largest absolute Gasteiger partial charge is 0.673 e. The van der Waals surface area contributed by atoms with Gasteiger partial charge in [0.2, 0.25) is 0 Å². The van der Waals surface area contributed by atoms with Crippen molar-refractivity contribution in [2.75, 3.05) is 26.4 Å². The number of likely N-dealkylation sites (tertiary alicyclic amines) is 1. The summed E-state index contributed by atoms with van der Waals surface area (Å²) in [5.74, 6) is 0. The molecule has 206 valence electrons. The SMILES string of the molecule is CCCOC[N+]1(C(C)(C)C)CCCC1.FC(F)F.F[B-](F)(F)F.F[B-](F)(F)F.F[B-](F)(F)F. The number of nitrogens with zero attached hydrogens (tertiary/aromatic N) is 1. The Morgan fingerprint density at radius 2 is 0.939 bits per heavy atom. The van der Waals surface area contributed by atoms with Crippen LogP contribution in [0.1, 0.15) is 47.0 Å². The lowest BCUT2D eigenvalue weighted by molar-refractivity contribution is -0.976. The Bertz CT molecular complexity index is 397. The molecule has 2 nitrogen and oxygen atoms in total. The lowest BCUT2D eigenvalue weighted by Gasteiger charge is -2.45. The van der Waals surface area contributed by atoms with Gasteiger partial charge >= 0.3 is 28.4 Å². The van der Waals surface area contributed by atoms with E-state index < -0.39 is 28.4 Å². The van der Waals surface area contributed by atoms with Gasteiger partial charge in [-0.3, -0.25) is 4.48 Å². The molecule has 33 heavy (non-hydrogen) atoms. The van der Waals surface area contributed by atoms with Crippen LogP contribution in [0.15, 0.2) is 0 Å². The average molecular weight is 531 g/mol. The Kier molecular flexibility index (Phi) is 20.8. The van der Waals surface area contributed by atoms with Crippen molar-refractivity contribution in [1.82, 2.24) is 0 Å². The van der Waals surface area contributed by atoms with Gasteiger partial charge in [0.15, 0.2) is 6.73 Å². The fourth-order valence-corrected chi connectivity index (χ4v) is 2.32. The summed E-state index contributed by atoms with van der Waals surface area (Å²) in [6.07, 6.45) is 3.86. The lowest BCUT2D eigenvalue weighted by Crippen LogP contribution is -2.59. The van der Waals surface area contributed by atoms with Crippen LogP contribution in [0.3, 0.4) is 0 Å². The molecule has 0 radical (unpaired) electrons. The van der Waals surface area contributed by atoms with Gasteiger partial charge in [-0.1, -0.05) is 6.92 Å². The highest BCUT2D eigenvalue weighted by Crippen LogP contribution is 2.31. The molecule has 1 aliphatic heterocycles. The number of quaternary nitrogens is 1. The summed E-state index contributed by atoms with van der Waals surface area (Å²) in [4.78, 5) is 0. The molecule has 0 amide bonds. The lowest BCUT2D eigenvalue weighted by atomic mass is 10.0. The third kappa shape index (κ3) is 49.3. The van der Waals surface area contributed by atoms with Crippen LogP contribution in [0.5, 0.6) is 0 Å². The Morgan fingerprint density at radius 3 is 1.12 bits per heavy atom. The number of hydrogen-bond acceptors (Lipinski definition) is 1. The first-order valence-corrected chi connectivity index (χ1v) is 9.23. The summed E-state index contributed by atoms with van der Waals surface area (Å²) in [6, 6.07) is 0. The Morgan fingerprint density at radius 1 is 0.697 bits per heavy atom. The van der Waals surface area contributed by atoms with E-state index in [1.165, 1.54) is 25.9 Å². The van der Waals surface area contributed by atoms with Crippen molar-refractivity contribution >= 4 is 21.8 Å². The Hall–Kier alpha value is -0.935. The van der Waals surface area contributed by atoms with Gasteiger partial charge in [-0.05, 0) is 27.2 Å². The van der Waals surface area contributed by atoms with E-state index in [9.17, 15) is 65.0 Å². The van der Waals surface area contributed by atoms with Gasteiger partial charge in [-0.15, -0.1) is 0 Å². The van der Waals surface area contributed by atoms with E-state index in [1.54, 1.807) is 0 Å². The van der Waals surface area contributed by atoms with Crippen LogP contribution < -0.4 is 0 Å². The molecule has 1 heterocycles. The predicted octanol–water partition coefficient (Wildman–Crippen LogP) is 7.86. The standard InChI is InChI=1S/C12H26NO.CHF3.3BF4/c1-5-10-14-11-13(12(2,3)4)8-6-7-9-13;2-1(3)4;3*2-1(3,4)5/h5-11H2,1-4H3;1H;;;/q+1;;3*-1. The summed E-state index contributed by atoms with van der Waals surface area (Å²) in [5, 5.41) is 0. The van der Waals surface area contributed by atoms with Gasteiger partial charge in [0.25, 0.3) is 0 Å². The van der Waals surface area contributed by atoms with Crippen molar-refractivity contribution in [3.63, 3.8) is 0 Å². The minimum atomic E-state index is -6.00. The second kappa shape index (κ2) is 17.5. The number of hydrogen-bond donors (Lipinski definition) is 0. The zero-order valence-electron chi connectivity index (χ0n) is 18.3. The predicted molar refractivity (Wildman–Crippen MR) is 97.8 cm³/mol. The normalized spacial score (nSPS) is 15.6. The smallest absolute Gasteiger partial charge is 0.418 e. The molecule has 0 atom stereocenters. The molecule has 1 aliphatic rings. The molecule has 20 heteroatoms. The van der Waals surface area contributed by atoms with Gasteiger partial charge in [-0.2, -0.15) is 13.2 Å². The minimum Gasteiger partial charge on any atom is -0.418 e. The zero-order valence-corrected chi connectivity index (χ0v) is 18.3. The topological polar surface area (TPSA) is 9.23 Å². The molecule has 0 N–H and O–H groups in total. The molecule has 0 aromatic rings. The molecular formula is C13H27B3F15NO-2. The number of ether oxygens (including phenoxy) is 1. The molecule has 0 aliphatic carbocycles. The molecule has 1 saturated heterocycles. The number of rotatable bonds is 4. The minimum absolute atomic E-state index is 0.338. The van der Waals surface area contributed by atoms with E-state index in [0.717, 1.165) is 24.2 Å². The van der Waals surface area contributed by atoms with Crippen LogP contribution in [-0.4, -0.2) is 64.9 Å². The van der Waals surface area contributed by atoms with E-state index in [-0.39, 0.29) is 0 Å². The summed E-state index contributed by atoms with van der Waals surface area (Å²) >= 11 is 0. The Balaban J connectivity index is -0.000000184. The summed E-state index contributed by atoms with van der Waals surface area (Å²) < 4.78 is 153. The molecule has 0 unspecified atom stereocenters. The quantitative estimate of drug-likeness (QED) is 0.156. The first-order valence-electron chi connectivity index (χ1n) is 9.23. The van der Waals surface area contributed by atoms with Gasteiger partial charge in [0, 0.05) is 12.8 Å². The summed E-state index contributed by atoms with van der Waals surface area (Å²) in [6.45, 7) is 9.95. The first kappa shape index (κ1) is 39.3. The third-order valence-electron chi connectivity index (χ3n) is 3.53. The Labute approximate surface area is 182 Å². The average Bonchev–Trinajstić information content (AvgIpc) is 2.91. The molecule has 0 aromatic heterocycles. The van der Waals surface area contributed by atoms with Gasteiger partial charge in [0.05, 0.1) is 25.2 Å². The van der Waals surface area contributed by atoms with Crippen molar-refractivity contribution in [2.45, 2.75) is 59.2 Å². The van der Waals surface area contributed by atoms with Crippen molar-refractivity contribution in [3.05, 3.63) is 0 Å². The number of alkyl halides is 3. The molecule has 1 fully saturated rings. The third-order valence-corrected chi connectivity index (χ3v) is 3.53. The van der Waals surface area contributed by atoms with Crippen LogP contribution in [0.4, 0.5) is 65.0 Å². The highest BCUT2D eigenvalue weighted by molar-refractivity contribution is 6.50. The molecule has 0 saturated carbocycles. The first-order chi connectivity index (χ1) is 14.2. The van der Waals surface area contributed by atoms with Gasteiger partial charge in [-0.25, -0.2) is 0 Å². The summed E-state index contributed by atoms with van der Waals surface area (Å²) in [5.41, 5.74) is 0.338.